The first kappa shape index (κ1) is 12.2. The lowest BCUT2D eigenvalue weighted by Crippen LogP contribution is -1.93. The molecule has 1 heterocycles. The van der Waals surface area contributed by atoms with Crippen LogP contribution in [0.25, 0.3) is 0 Å². The summed E-state index contributed by atoms with van der Waals surface area (Å²) in [6, 6.07) is 10.6. The van der Waals surface area contributed by atoms with Gasteiger partial charge in [0.2, 0.25) is 5.88 Å². The number of aromatic nitrogens is 1. The molecule has 1 aromatic carbocycles. The highest BCUT2D eigenvalue weighted by atomic mass is 16.3. The summed E-state index contributed by atoms with van der Waals surface area (Å²) >= 11 is 0. The van der Waals surface area contributed by atoms with Crippen molar-refractivity contribution in [2.75, 3.05) is 0 Å². The van der Waals surface area contributed by atoms with E-state index in [4.69, 9.17) is 0 Å². The predicted octanol–water partition coefficient (Wildman–Crippen LogP) is 3.72. The number of aromatic hydroxyl groups is 2. The second-order valence-corrected chi connectivity index (χ2v) is 3.90. The highest BCUT2D eigenvalue weighted by molar-refractivity contribution is 5.52. The maximum absolute atomic E-state index is 9.87. The van der Waals surface area contributed by atoms with Crippen LogP contribution in [0.2, 0.25) is 0 Å². The van der Waals surface area contributed by atoms with Gasteiger partial charge in [-0.3, -0.25) is 4.57 Å². The number of hydrogen-bond acceptors (Lipinski definition) is 4. The highest BCUT2D eigenvalue weighted by Crippen LogP contribution is 2.35. The lowest BCUT2D eigenvalue weighted by Gasteiger charge is -2.02. The van der Waals surface area contributed by atoms with E-state index in [1.807, 2.05) is 37.3 Å². The lowest BCUT2D eigenvalue weighted by atomic mass is 10.3. The van der Waals surface area contributed by atoms with Crippen molar-refractivity contribution < 1.29 is 10.2 Å². The van der Waals surface area contributed by atoms with Crippen molar-refractivity contribution in [3.05, 3.63) is 36.4 Å². The largest absolute Gasteiger partial charge is 0.494 e. The quantitative estimate of drug-likeness (QED) is 0.806. The van der Waals surface area contributed by atoms with E-state index in [9.17, 15) is 10.2 Å². The molecule has 0 radical (unpaired) electrons. The fourth-order valence-corrected chi connectivity index (χ4v) is 1.64. The van der Waals surface area contributed by atoms with Crippen molar-refractivity contribution in [1.29, 1.82) is 0 Å². The third-order valence-electron chi connectivity index (χ3n) is 2.50. The van der Waals surface area contributed by atoms with Crippen LogP contribution < -0.4 is 0 Å². The van der Waals surface area contributed by atoms with Crippen LogP contribution in [-0.2, 0) is 6.54 Å². The van der Waals surface area contributed by atoms with E-state index >= 15 is 0 Å². The number of nitrogens with zero attached hydrogens (tertiary/aromatic N) is 3. The molecule has 0 aliphatic carbocycles. The Labute approximate surface area is 105 Å². The van der Waals surface area contributed by atoms with Gasteiger partial charge in [0.25, 0.3) is 0 Å². The van der Waals surface area contributed by atoms with Gasteiger partial charge in [-0.1, -0.05) is 25.1 Å². The average Bonchev–Trinajstić information content (AvgIpc) is 2.66. The van der Waals surface area contributed by atoms with Crippen molar-refractivity contribution in [2.45, 2.75) is 19.9 Å². The third kappa shape index (κ3) is 2.51. The van der Waals surface area contributed by atoms with Crippen LogP contribution in [0.1, 0.15) is 13.3 Å². The summed E-state index contributed by atoms with van der Waals surface area (Å²) in [5, 5.41) is 27.4. The highest BCUT2D eigenvalue weighted by Gasteiger charge is 2.12. The Morgan fingerprint density at radius 1 is 1.11 bits per heavy atom. The van der Waals surface area contributed by atoms with Gasteiger partial charge in [0, 0.05) is 12.6 Å². The van der Waals surface area contributed by atoms with Crippen molar-refractivity contribution in [1.82, 2.24) is 4.57 Å². The zero-order valence-electron chi connectivity index (χ0n) is 10.1. The SMILES string of the molecule is CCCn1c(O)cc(N=Nc2ccccc2)c1O. The normalized spacial score (nSPS) is 11.2. The number of azo groups is 1. The molecule has 0 fully saturated rings. The van der Waals surface area contributed by atoms with Crippen LogP contribution in [0.5, 0.6) is 11.8 Å². The van der Waals surface area contributed by atoms with Gasteiger partial charge in [0.05, 0.1) is 5.69 Å². The summed E-state index contributed by atoms with van der Waals surface area (Å²) in [5.41, 5.74) is 0.962. The van der Waals surface area contributed by atoms with Gasteiger partial charge in [-0.15, -0.1) is 5.11 Å². The Morgan fingerprint density at radius 2 is 1.83 bits per heavy atom. The zero-order valence-corrected chi connectivity index (χ0v) is 10.1. The monoisotopic (exact) mass is 245 g/mol. The summed E-state index contributed by atoms with van der Waals surface area (Å²) in [6.45, 7) is 2.50. The maximum atomic E-state index is 9.87. The molecular formula is C13H15N3O2. The molecule has 0 unspecified atom stereocenters. The molecule has 18 heavy (non-hydrogen) atoms. The molecule has 2 N–H and O–H groups in total. The van der Waals surface area contributed by atoms with E-state index in [0.717, 1.165) is 6.42 Å². The zero-order chi connectivity index (χ0) is 13.0. The molecule has 0 spiro atoms. The van der Waals surface area contributed by atoms with Crippen molar-refractivity contribution in [3.63, 3.8) is 0 Å². The van der Waals surface area contributed by atoms with E-state index in [-0.39, 0.29) is 17.4 Å². The molecule has 94 valence electrons. The number of hydrogen-bond donors (Lipinski definition) is 2. The van der Waals surface area contributed by atoms with E-state index in [0.29, 0.717) is 12.2 Å². The van der Waals surface area contributed by atoms with Gasteiger partial charge in [-0.05, 0) is 18.6 Å². The van der Waals surface area contributed by atoms with E-state index in [1.165, 1.54) is 10.6 Å². The summed E-state index contributed by atoms with van der Waals surface area (Å²) in [7, 11) is 0. The molecule has 0 aliphatic rings. The molecule has 5 nitrogen and oxygen atoms in total. The lowest BCUT2D eigenvalue weighted by molar-refractivity contribution is 0.367. The van der Waals surface area contributed by atoms with Gasteiger partial charge in [0.1, 0.15) is 0 Å². The number of rotatable bonds is 4. The minimum absolute atomic E-state index is 0.00337. The Morgan fingerprint density at radius 3 is 2.50 bits per heavy atom. The second kappa shape index (κ2) is 5.35. The average molecular weight is 245 g/mol. The van der Waals surface area contributed by atoms with E-state index < -0.39 is 0 Å². The topological polar surface area (TPSA) is 70.1 Å². The minimum Gasteiger partial charge on any atom is -0.494 e. The molecular weight excluding hydrogens is 230 g/mol. The van der Waals surface area contributed by atoms with Crippen LogP contribution in [-0.4, -0.2) is 14.8 Å². The molecule has 1 aromatic heterocycles. The van der Waals surface area contributed by atoms with Crippen LogP contribution >= 0.6 is 0 Å². The molecule has 2 aromatic rings. The van der Waals surface area contributed by atoms with Crippen molar-refractivity contribution in [3.8, 4) is 11.8 Å². The smallest absolute Gasteiger partial charge is 0.222 e. The summed E-state index contributed by atoms with van der Waals surface area (Å²) in [4.78, 5) is 0. The fourth-order valence-electron chi connectivity index (χ4n) is 1.64. The van der Waals surface area contributed by atoms with Crippen molar-refractivity contribution >= 4 is 11.4 Å². The number of benzene rings is 1. The van der Waals surface area contributed by atoms with Gasteiger partial charge in [-0.25, -0.2) is 0 Å². The van der Waals surface area contributed by atoms with Crippen LogP contribution in [0, 0.1) is 0 Å². The standard InChI is InChI=1S/C13H15N3O2/c1-2-8-16-12(17)9-11(13(16)18)15-14-10-6-4-3-5-7-10/h3-7,9,17-18H,2,8H2,1H3. The molecule has 0 amide bonds. The minimum atomic E-state index is -0.0611. The van der Waals surface area contributed by atoms with Gasteiger partial charge >= 0.3 is 0 Å². The first-order chi connectivity index (χ1) is 8.72. The Hall–Kier alpha value is -2.30. The summed E-state index contributed by atoms with van der Waals surface area (Å²) < 4.78 is 1.40. The molecule has 0 aliphatic heterocycles. The first-order valence-corrected chi connectivity index (χ1v) is 5.80. The molecule has 0 bridgehead atoms. The van der Waals surface area contributed by atoms with Gasteiger partial charge in [0.15, 0.2) is 11.6 Å². The Bertz CT molecular complexity index is 547. The molecule has 5 heteroatoms. The molecule has 0 atom stereocenters. The van der Waals surface area contributed by atoms with E-state index in [2.05, 4.69) is 10.2 Å². The van der Waals surface area contributed by atoms with E-state index in [1.54, 1.807) is 0 Å². The Balaban J connectivity index is 2.25. The van der Waals surface area contributed by atoms with Crippen molar-refractivity contribution in [2.24, 2.45) is 10.2 Å². The summed E-state index contributed by atoms with van der Waals surface area (Å²) in [5.74, 6) is -0.0645. The second-order valence-electron chi connectivity index (χ2n) is 3.90. The van der Waals surface area contributed by atoms with Crippen LogP contribution in [0.3, 0.4) is 0 Å². The third-order valence-corrected chi connectivity index (χ3v) is 2.50. The maximum Gasteiger partial charge on any atom is 0.222 e. The summed E-state index contributed by atoms with van der Waals surface area (Å²) in [6.07, 6.45) is 0.811. The molecule has 2 rings (SSSR count). The molecule has 0 saturated heterocycles. The molecule has 0 saturated carbocycles. The first-order valence-electron chi connectivity index (χ1n) is 5.80. The fraction of sp³-hybridized carbons (Fsp3) is 0.231. The van der Waals surface area contributed by atoms with Crippen LogP contribution in [0.15, 0.2) is 46.6 Å². The Kier molecular flexibility index (Phi) is 3.62. The van der Waals surface area contributed by atoms with Gasteiger partial charge < -0.3 is 10.2 Å². The van der Waals surface area contributed by atoms with Crippen LogP contribution in [0.4, 0.5) is 11.4 Å². The van der Waals surface area contributed by atoms with Gasteiger partial charge in [-0.2, -0.15) is 5.11 Å². The predicted molar refractivity (Wildman–Crippen MR) is 68.7 cm³/mol.